The fraction of sp³-hybridized carbons (Fsp3) is 0.833. The first-order chi connectivity index (χ1) is 7.18. The van der Waals surface area contributed by atoms with Crippen LogP contribution in [0.4, 0.5) is 0 Å². The van der Waals surface area contributed by atoms with Crippen molar-refractivity contribution >= 4 is 8.56 Å². The van der Waals surface area contributed by atoms with Crippen LogP contribution in [0.5, 0.6) is 0 Å². The second-order valence-corrected chi connectivity index (χ2v) is 6.93. The van der Waals surface area contributed by atoms with Crippen molar-refractivity contribution in [3.63, 3.8) is 0 Å². The highest BCUT2D eigenvalue weighted by atomic mass is 28.4. The predicted octanol–water partition coefficient (Wildman–Crippen LogP) is 3.81. The predicted molar refractivity (Wildman–Crippen MR) is 68.2 cm³/mol. The van der Waals surface area contributed by atoms with Crippen molar-refractivity contribution in [1.82, 2.24) is 0 Å². The fourth-order valence-electron chi connectivity index (χ4n) is 1.43. The zero-order valence-corrected chi connectivity index (χ0v) is 11.6. The van der Waals surface area contributed by atoms with Gasteiger partial charge < -0.3 is 8.85 Å². The third kappa shape index (κ3) is 7.77. The zero-order chi connectivity index (χ0) is 11.6. The molecule has 0 N–H and O–H groups in total. The maximum Gasteiger partial charge on any atom is 0.361 e. The minimum absolute atomic E-state index is 0.713. The van der Waals surface area contributed by atoms with Crippen molar-refractivity contribution in [3.8, 4) is 0 Å². The molecule has 0 fully saturated rings. The Morgan fingerprint density at radius 3 is 2.27 bits per heavy atom. The van der Waals surface area contributed by atoms with E-state index in [1.807, 2.05) is 12.6 Å². The molecule has 0 aromatic rings. The molecule has 0 aliphatic rings. The second kappa shape index (κ2) is 9.13. The summed E-state index contributed by atoms with van der Waals surface area (Å²) >= 11 is 0. The third-order valence-electron chi connectivity index (χ3n) is 2.44. The first-order valence-electron chi connectivity index (χ1n) is 6.10. The largest absolute Gasteiger partial charge is 0.392 e. The van der Waals surface area contributed by atoms with Gasteiger partial charge in [-0.05, 0) is 25.6 Å². The van der Waals surface area contributed by atoms with Gasteiger partial charge in [-0.25, -0.2) is 0 Å². The summed E-state index contributed by atoms with van der Waals surface area (Å²) in [7, 11) is -2.03. The van der Waals surface area contributed by atoms with E-state index < -0.39 is 8.56 Å². The molecule has 0 saturated carbocycles. The Balaban J connectivity index is 3.50. The second-order valence-electron chi connectivity index (χ2n) is 3.92. The summed E-state index contributed by atoms with van der Waals surface area (Å²) in [6.07, 6.45) is 6.35. The number of hydrogen-bond donors (Lipinski definition) is 0. The average molecular weight is 230 g/mol. The van der Waals surface area contributed by atoms with Crippen LogP contribution in [0.15, 0.2) is 12.3 Å². The van der Waals surface area contributed by atoms with E-state index >= 15 is 0 Å². The molecule has 0 spiro atoms. The van der Waals surface area contributed by atoms with Gasteiger partial charge in [0.2, 0.25) is 0 Å². The quantitative estimate of drug-likeness (QED) is 0.420. The van der Waals surface area contributed by atoms with E-state index in [0.717, 1.165) is 13.0 Å². The van der Waals surface area contributed by atoms with Crippen molar-refractivity contribution in [2.75, 3.05) is 13.2 Å². The Bertz CT molecular complexity index is 162. The van der Waals surface area contributed by atoms with Crippen molar-refractivity contribution in [3.05, 3.63) is 12.3 Å². The third-order valence-corrected chi connectivity index (χ3v) is 4.82. The Labute approximate surface area is 95.9 Å². The van der Waals surface area contributed by atoms with Crippen LogP contribution in [0.3, 0.4) is 0 Å². The molecule has 2 nitrogen and oxygen atoms in total. The van der Waals surface area contributed by atoms with E-state index in [1.54, 1.807) is 0 Å². The highest BCUT2D eigenvalue weighted by Gasteiger charge is 2.26. The fourth-order valence-corrected chi connectivity index (χ4v) is 2.87. The summed E-state index contributed by atoms with van der Waals surface area (Å²) in [6, 6.07) is 0. The molecule has 1 unspecified atom stereocenters. The van der Waals surface area contributed by atoms with E-state index in [4.69, 9.17) is 8.85 Å². The number of hydrogen-bond acceptors (Lipinski definition) is 2. The molecule has 0 bridgehead atoms. The minimum atomic E-state index is -2.03. The standard InChI is InChI=1S/C12H26O2Si/c1-5-8-9-10-11-12-14-15(4,7-3)13-6-2/h7H,3,5-6,8-12H2,1-2,4H3. The maximum atomic E-state index is 5.80. The van der Waals surface area contributed by atoms with Gasteiger partial charge in [-0.1, -0.05) is 32.6 Å². The molecule has 90 valence electrons. The number of rotatable bonds is 10. The van der Waals surface area contributed by atoms with E-state index in [0.29, 0.717) is 6.61 Å². The van der Waals surface area contributed by atoms with Crippen LogP contribution < -0.4 is 0 Å². The molecular weight excluding hydrogens is 204 g/mol. The van der Waals surface area contributed by atoms with Crippen molar-refractivity contribution < 1.29 is 8.85 Å². The zero-order valence-electron chi connectivity index (χ0n) is 10.6. The van der Waals surface area contributed by atoms with Crippen LogP contribution in [-0.2, 0) is 8.85 Å². The van der Waals surface area contributed by atoms with Crippen molar-refractivity contribution in [2.24, 2.45) is 0 Å². The van der Waals surface area contributed by atoms with E-state index in [-0.39, 0.29) is 0 Å². The molecular formula is C12H26O2Si. The normalized spacial score (nSPS) is 14.9. The van der Waals surface area contributed by atoms with Crippen LogP contribution >= 0.6 is 0 Å². The Kier molecular flexibility index (Phi) is 9.05. The van der Waals surface area contributed by atoms with Crippen molar-refractivity contribution in [1.29, 1.82) is 0 Å². The van der Waals surface area contributed by atoms with Gasteiger partial charge in [0.25, 0.3) is 0 Å². The van der Waals surface area contributed by atoms with Gasteiger partial charge in [0, 0.05) is 13.2 Å². The number of unbranched alkanes of at least 4 members (excludes halogenated alkanes) is 4. The van der Waals surface area contributed by atoms with Crippen LogP contribution in [0.1, 0.15) is 46.0 Å². The smallest absolute Gasteiger partial charge is 0.361 e. The molecule has 0 aromatic carbocycles. The van der Waals surface area contributed by atoms with E-state index in [9.17, 15) is 0 Å². The molecule has 0 amide bonds. The van der Waals surface area contributed by atoms with Crippen molar-refractivity contribution in [2.45, 2.75) is 52.5 Å². The molecule has 0 aromatic heterocycles. The van der Waals surface area contributed by atoms with Crippen LogP contribution in [0.2, 0.25) is 6.55 Å². The Hall–Kier alpha value is -0.123. The summed E-state index contributed by atoms with van der Waals surface area (Å²) in [5, 5.41) is 0. The Morgan fingerprint density at radius 1 is 1.07 bits per heavy atom. The molecule has 3 heteroatoms. The highest BCUT2D eigenvalue weighted by molar-refractivity contribution is 6.71. The van der Waals surface area contributed by atoms with E-state index in [2.05, 4.69) is 20.0 Å². The van der Waals surface area contributed by atoms with Gasteiger partial charge in [-0.3, -0.25) is 0 Å². The molecule has 15 heavy (non-hydrogen) atoms. The highest BCUT2D eigenvalue weighted by Crippen LogP contribution is 2.10. The van der Waals surface area contributed by atoms with Gasteiger partial charge in [-0.2, -0.15) is 0 Å². The summed E-state index contributed by atoms with van der Waals surface area (Å²) in [5.74, 6) is 0. The van der Waals surface area contributed by atoms with Crippen LogP contribution in [0.25, 0.3) is 0 Å². The summed E-state index contributed by atoms with van der Waals surface area (Å²) in [5.41, 5.74) is 1.86. The van der Waals surface area contributed by atoms with Gasteiger partial charge >= 0.3 is 8.56 Å². The minimum Gasteiger partial charge on any atom is -0.392 e. The molecule has 0 heterocycles. The van der Waals surface area contributed by atoms with Gasteiger partial charge in [0.05, 0.1) is 0 Å². The first-order valence-corrected chi connectivity index (χ1v) is 8.49. The van der Waals surface area contributed by atoms with Gasteiger partial charge in [0.1, 0.15) is 0 Å². The lowest BCUT2D eigenvalue weighted by atomic mass is 10.2. The maximum absolute atomic E-state index is 5.80. The van der Waals surface area contributed by atoms with Gasteiger partial charge in [0.15, 0.2) is 0 Å². The van der Waals surface area contributed by atoms with E-state index in [1.165, 1.54) is 25.7 Å². The topological polar surface area (TPSA) is 18.5 Å². The lowest BCUT2D eigenvalue weighted by molar-refractivity contribution is 0.188. The molecule has 0 saturated heterocycles. The van der Waals surface area contributed by atoms with Crippen LogP contribution in [-0.4, -0.2) is 21.8 Å². The SMILES string of the molecule is C=C[Si](C)(OCC)OCCCCCCC. The molecule has 1 atom stereocenters. The molecule has 0 aliphatic carbocycles. The lowest BCUT2D eigenvalue weighted by Crippen LogP contribution is -2.36. The first kappa shape index (κ1) is 14.9. The van der Waals surface area contributed by atoms with Gasteiger partial charge in [-0.15, -0.1) is 6.58 Å². The van der Waals surface area contributed by atoms with Crippen LogP contribution in [0, 0.1) is 0 Å². The molecule has 0 radical (unpaired) electrons. The summed E-state index contributed by atoms with van der Waals surface area (Å²) in [6.45, 7) is 11.6. The molecule has 0 rings (SSSR count). The average Bonchev–Trinajstić information content (AvgIpc) is 2.24. The summed E-state index contributed by atoms with van der Waals surface area (Å²) in [4.78, 5) is 0. The monoisotopic (exact) mass is 230 g/mol. The summed E-state index contributed by atoms with van der Waals surface area (Å²) < 4.78 is 11.4. The Morgan fingerprint density at radius 2 is 1.73 bits per heavy atom. The molecule has 0 aliphatic heterocycles. The lowest BCUT2D eigenvalue weighted by Gasteiger charge is -2.22.